The van der Waals surface area contributed by atoms with Gasteiger partial charge in [0, 0.05) is 28.8 Å². The van der Waals surface area contributed by atoms with E-state index in [-0.39, 0.29) is 16.7 Å². The Balaban J connectivity index is 1.39. The first-order valence-corrected chi connectivity index (χ1v) is 16.0. The van der Waals surface area contributed by atoms with Gasteiger partial charge in [0.05, 0.1) is 28.4 Å². The maximum absolute atomic E-state index is 11.4. The second kappa shape index (κ2) is 13.3. The lowest BCUT2D eigenvalue weighted by Crippen LogP contribution is -2.64. The van der Waals surface area contributed by atoms with Crippen molar-refractivity contribution >= 4 is 40.8 Å². The molecule has 8 heteroatoms. The van der Waals surface area contributed by atoms with E-state index in [4.69, 9.17) is 16.3 Å². The summed E-state index contributed by atoms with van der Waals surface area (Å²) in [5.74, 6) is 0.548. The lowest BCUT2D eigenvalue weighted by atomic mass is 9.99. The molecule has 208 valence electrons. The van der Waals surface area contributed by atoms with Gasteiger partial charge < -0.3 is 24.7 Å². The van der Waals surface area contributed by atoms with E-state index < -0.39 is 18.3 Å². The average Bonchev–Trinajstić information content (AvgIpc) is 2.97. The third kappa shape index (κ3) is 6.46. The number of rotatable bonds is 10. The SMILES string of the molecule is CCN(CC)CCN1c2cc(Cl)ccc2S[C@H]2[C@@H](O)[C@H](O)[C@@H](CSC(c3ccccc3)c3ccccc3)O[C@H]21. The fourth-order valence-electron chi connectivity index (χ4n) is 5.40. The van der Waals surface area contributed by atoms with Gasteiger partial charge >= 0.3 is 0 Å². The zero-order valence-corrected chi connectivity index (χ0v) is 24.8. The lowest BCUT2D eigenvalue weighted by Gasteiger charge is -2.51. The first-order valence-electron chi connectivity index (χ1n) is 13.7. The molecule has 5 nitrogen and oxygen atoms in total. The van der Waals surface area contributed by atoms with Crippen molar-refractivity contribution in [3.8, 4) is 0 Å². The van der Waals surface area contributed by atoms with Crippen molar-refractivity contribution in [3.05, 3.63) is 95.0 Å². The van der Waals surface area contributed by atoms with E-state index in [0.717, 1.165) is 36.8 Å². The number of aliphatic hydroxyl groups excluding tert-OH is 2. The summed E-state index contributed by atoms with van der Waals surface area (Å²) in [7, 11) is 0. The maximum atomic E-state index is 11.4. The molecule has 3 aromatic rings. The Morgan fingerprint density at radius 2 is 1.59 bits per heavy atom. The highest BCUT2D eigenvalue weighted by Crippen LogP contribution is 2.48. The fraction of sp³-hybridized carbons (Fsp3) is 0.419. The molecule has 2 aliphatic heterocycles. The molecule has 39 heavy (non-hydrogen) atoms. The number of anilines is 1. The van der Waals surface area contributed by atoms with Gasteiger partial charge in [0.15, 0.2) is 0 Å². The molecular weight excluding hydrogens is 548 g/mol. The minimum atomic E-state index is -0.975. The molecule has 0 aliphatic carbocycles. The molecule has 0 amide bonds. The van der Waals surface area contributed by atoms with E-state index in [1.165, 1.54) is 11.1 Å². The van der Waals surface area contributed by atoms with Gasteiger partial charge in [0.25, 0.3) is 0 Å². The zero-order valence-electron chi connectivity index (χ0n) is 22.4. The number of ether oxygens (including phenoxy) is 1. The van der Waals surface area contributed by atoms with Gasteiger partial charge in [-0.2, -0.15) is 0 Å². The first kappa shape index (κ1) is 28.8. The van der Waals surface area contributed by atoms with Crippen molar-refractivity contribution in [1.29, 1.82) is 0 Å². The number of hydrogen-bond acceptors (Lipinski definition) is 7. The quantitative estimate of drug-likeness (QED) is 0.306. The summed E-state index contributed by atoms with van der Waals surface area (Å²) in [5, 5.41) is 23.1. The normalized spacial score (nSPS) is 24.6. The van der Waals surface area contributed by atoms with E-state index in [2.05, 4.69) is 72.2 Å². The summed E-state index contributed by atoms with van der Waals surface area (Å²) < 4.78 is 6.72. The van der Waals surface area contributed by atoms with Crippen LogP contribution in [0, 0.1) is 0 Å². The third-order valence-electron chi connectivity index (χ3n) is 7.65. The Bertz CT molecular complexity index is 1160. The second-order valence-electron chi connectivity index (χ2n) is 10.00. The van der Waals surface area contributed by atoms with Crippen LogP contribution in [0.2, 0.25) is 5.02 Å². The number of nitrogens with zero attached hydrogens (tertiary/aromatic N) is 2. The maximum Gasteiger partial charge on any atom is 0.145 e. The molecule has 0 aromatic heterocycles. The van der Waals surface area contributed by atoms with Gasteiger partial charge in [0.1, 0.15) is 12.3 Å². The number of halogens is 1. The summed E-state index contributed by atoms with van der Waals surface area (Å²) in [6.07, 6.45) is -2.77. The van der Waals surface area contributed by atoms with Crippen molar-refractivity contribution in [2.75, 3.05) is 36.8 Å². The molecule has 1 fully saturated rings. The molecule has 2 heterocycles. The van der Waals surface area contributed by atoms with Crippen LogP contribution in [0.25, 0.3) is 0 Å². The highest BCUT2D eigenvalue weighted by atomic mass is 35.5. The van der Waals surface area contributed by atoms with Crippen LogP contribution in [-0.2, 0) is 4.74 Å². The Kier molecular flexibility index (Phi) is 9.82. The average molecular weight is 585 g/mol. The van der Waals surface area contributed by atoms with Gasteiger partial charge in [-0.05, 0) is 42.4 Å². The first-order chi connectivity index (χ1) is 19.0. The van der Waals surface area contributed by atoms with Crippen LogP contribution in [0.3, 0.4) is 0 Å². The Labute approximate surface area is 245 Å². The van der Waals surface area contributed by atoms with Crippen LogP contribution >= 0.6 is 35.1 Å². The van der Waals surface area contributed by atoms with Crippen LogP contribution in [0.5, 0.6) is 0 Å². The van der Waals surface area contributed by atoms with E-state index in [0.29, 0.717) is 10.8 Å². The molecule has 5 atom stereocenters. The Morgan fingerprint density at radius 3 is 2.21 bits per heavy atom. The largest absolute Gasteiger partial charge is 0.389 e. The molecule has 0 bridgehead atoms. The number of hydrogen-bond donors (Lipinski definition) is 2. The van der Waals surface area contributed by atoms with Crippen molar-refractivity contribution in [1.82, 2.24) is 4.90 Å². The second-order valence-corrected chi connectivity index (χ2v) is 12.8. The molecule has 0 saturated carbocycles. The molecule has 5 rings (SSSR count). The molecule has 2 N–H and O–H groups in total. The van der Waals surface area contributed by atoms with Gasteiger partial charge in [-0.25, -0.2) is 0 Å². The van der Waals surface area contributed by atoms with Crippen LogP contribution in [0.4, 0.5) is 5.69 Å². The van der Waals surface area contributed by atoms with Crippen LogP contribution in [0.1, 0.15) is 30.2 Å². The van der Waals surface area contributed by atoms with Gasteiger partial charge in [0.2, 0.25) is 0 Å². The van der Waals surface area contributed by atoms with Crippen molar-refractivity contribution in [3.63, 3.8) is 0 Å². The molecular formula is C31H37ClN2O3S2. The topological polar surface area (TPSA) is 56.2 Å². The van der Waals surface area contributed by atoms with Gasteiger partial charge in [-0.15, -0.1) is 23.5 Å². The standard InChI is InChI=1S/C31H37ClN2O3S2/c1-3-33(4-2)17-18-34-24-19-23(32)15-16-26(24)39-30-28(36)27(35)25(37-31(30)34)20-38-29(21-11-7-5-8-12-21)22-13-9-6-10-14-22/h5-16,19,25,27-31,35-36H,3-4,17-18,20H2,1-2H3/t25-,27-,28+,30+,31-/m1/s1. The zero-order chi connectivity index (χ0) is 27.4. The van der Waals surface area contributed by atoms with E-state index in [9.17, 15) is 10.2 Å². The monoisotopic (exact) mass is 584 g/mol. The van der Waals surface area contributed by atoms with Crippen molar-refractivity contribution < 1.29 is 14.9 Å². The smallest absolute Gasteiger partial charge is 0.145 e. The van der Waals surface area contributed by atoms with Crippen molar-refractivity contribution in [2.24, 2.45) is 0 Å². The molecule has 0 spiro atoms. The third-order valence-corrected chi connectivity index (χ3v) is 10.7. The summed E-state index contributed by atoms with van der Waals surface area (Å²) in [5.41, 5.74) is 3.44. The summed E-state index contributed by atoms with van der Waals surface area (Å²) >= 11 is 9.75. The number of thioether (sulfide) groups is 2. The van der Waals surface area contributed by atoms with Crippen molar-refractivity contribution in [2.45, 2.75) is 53.8 Å². The predicted octanol–water partition coefficient (Wildman–Crippen LogP) is 5.93. The number of benzene rings is 3. The molecule has 3 aromatic carbocycles. The molecule has 0 radical (unpaired) electrons. The van der Waals surface area contributed by atoms with E-state index >= 15 is 0 Å². The van der Waals surface area contributed by atoms with E-state index in [1.54, 1.807) is 23.5 Å². The van der Waals surface area contributed by atoms with Crippen LogP contribution < -0.4 is 4.90 Å². The van der Waals surface area contributed by atoms with E-state index in [1.807, 2.05) is 30.3 Å². The molecule has 0 unspecified atom stereocenters. The fourth-order valence-corrected chi connectivity index (χ4v) is 8.29. The Hall–Kier alpha value is -1.71. The predicted molar refractivity (Wildman–Crippen MR) is 164 cm³/mol. The van der Waals surface area contributed by atoms with Gasteiger partial charge in [-0.3, -0.25) is 0 Å². The lowest BCUT2D eigenvalue weighted by molar-refractivity contribution is -0.155. The highest BCUT2D eigenvalue weighted by Gasteiger charge is 2.49. The van der Waals surface area contributed by atoms with Gasteiger partial charge in [-0.1, -0.05) is 86.1 Å². The minimum Gasteiger partial charge on any atom is -0.389 e. The number of aliphatic hydroxyl groups is 2. The summed E-state index contributed by atoms with van der Waals surface area (Å²) in [6, 6.07) is 26.7. The summed E-state index contributed by atoms with van der Waals surface area (Å²) in [4.78, 5) is 5.68. The minimum absolute atomic E-state index is 0.0945. The highest BCUT2D eigenvalue weighted by molar-refractivity contribution is 8.00. The van der Waals surface area contributed by atoms with Crippen LogP contribution in [0.15, 0.2) is 83.8 Å². The molecule has 2 aliphatic rings. The number of fused-ring (bicyclic) bond motifs is 2. The summed E-state index contributed by atoms with van der Waals surface area (Å²) in [6.45, 7) is 7.90. The molecule has 1 saturated heterocycles. The Morgan fingerprint density at radius 1 is 0.949 bits per heavy atom. The number of likely N-dealkylation sites (N-methyl/N-ethyl adjacent to an activating group) is 1. The van der Waals surface area contributed by atoms with Crippen LogP contribution in [-0.4, -0.2) is 76.8 Å².